The lowest BCUT2D eigenvalue weighted by Crippen LogP contribution is -2.00. The highest BCUT2D eigenvalue weighted by Crippen LogP contribution is 2.30. The minimum atomic E-state index is 0.583. The van der Waals surface area contributed by atoms with Crippen molar-refractivity contribution in [1.82, 2.24) is 24.5 Å². The highest BCUT2D eigenvalue weighted by molar-refractivity contribution is 7.99. The van der Waals surface area contributed by atoms with E-state index in [1.807, 2.05) is 13.2 Å². The molecule has 6 nitrogen and oxygen atoms in total. The Hall–Kier alpha value is -1.50. The maximum atomic E-state index is 5.31. The van der Waals surface area contributed by atoms with Crippen molar-refractivity contribution in [2.45, 2.75) is 38.4 Å². The molecule has 0 aliphatic heterocycles. The second kappa shape index (κ2) is 6.78. The fourth-order valence-electron chi connectivity index (χ4n) is 1.96. The SMILES string of the molecule is CCCCSc1nnc(-c2cn(C)nc2OC)n1CC. The Morgan fingerprint density at radius 2 is 2.10 bits per heavy atom. The van der Waals surface area contributed by atoms with E-state index in [4.69, 9.17) is 4.74 Å². The second-order valence-electron chi connectivity index (χ2n) is 4.48. The molecule has 0 atom stereocenters. The van der Waals surface area contributed by atoms with Crippen molar-refractivity contribution in [3.05, 3.63) is 6.20 Å². The van der Waals surface area contributed by atoms with E-state index in [0.29, 0.717) is 5.88 Å². The second-order valence-corrected chi connectivity index (χ2v) is 5.54. The van der Waals surface area contributed by atoms with E-state index in [2.05, 4.69) is 33.7 Å². The fraction of sp³-hybridized carbons (Fsp3) is 0.615. The third-order valence-corrected chi connectivity index (χ3v) is 4.04. The minimum absolute atomic E-state index is 0.583. The number of rotatable bonds is 7. The maximum absolute atomic E-state index is 5.31. The zero-order valence-corrected chi connectivity index (χ0v) is 13.3. The first-order valence-corrected chi connectivity index (χ1v) is 7.83. The van der Waals surface area contributed by atoms with Crippen molar-refractivity contribution >= 4 is 11.8 Å². The van der Waals surface area contributed by atoms with Crippen LogP contribution < -0.4 is 4.74 Å². The van der Waals surface area contributed by atoms with Crippen LogP contribution in [-0.4, -0.2) is 37.4 Å². The van der Waals surface area contributed by atoms with Crippen LogP contribution in [0.25, 0.3) is 11.4 Å². The van der Waals surface area contributed by atoms with Gasteiger partial charge in [0.05, 0.1) is 7.11 Å². The number of hydrogen-bond acceptors (Lipinski definition) is 5. The Morgan fingerprint density at radius 1 is 1.30 bits per heavy atom. The number of nitrogens with zero attached hydrogens (tertiary/aromatic N) is 5. The summed E-state index contributed by atoms with van der Waals surface area (Å²) in [6, 6.07) is 0. The Labute approximate surface area is 123 Å². The number of ether oxygens (including phenoxy) is 1. The fourth-order valence-corrected chi connectivity index (χ4v) is 3.05. The van der Waals surface area contributed by atoms with Gasteiger partial charge in [-0.1, -0.05) is 25.1 Å². The summed E-state index contributed by atoms with van der Waals surface area (Å²) in [5.74, 6) is 2.47. The minimum Gasteiger partial charge on any atom is -0.479 e. The van der Waals surface area contributed by atoms with Crippen LogP contribution in [-0.2, 0) is 13.6 Å². The summed E-state index contributed by atoms with van der Waals surface area (Å²) in [5, 5.41) is 13.9. The topological polar surface area (TPSA) is 57.8 Å². The van der Waals surface area contributed by atoms with E-state index in [-0.39, 0.29) is 0 Å². The first-order valence-electron chi connectivity index (χ1n) is 6.85. The number of methoxy groups -OCH3 is 1. The zero-order chi connectivity index (χ0) is 14.5. The Kier molecular flexibility index (Phi) is 5.05. The van der Waals surface area contributed by atoms with Crippen molar-refractivity contribution < 1.29 is 4.74 Å². The lowest BCUT2D eigenvalue weighted by atomic mass is 10.3. The molecule has 0 bridgehead atoms. The predicted molar refractivity (Wildman–Crippen MR) is 80.1 cm³/mol. The monoisotopic (exact) mass is 295 g/mol. The van der Waals surface area contributed by atoms with E-state index >= 15 is 0 Å². The molecule has 2 rings (SSSR count). The third kappa shape index (κ3) is 2.98. The quantitative estimate of drug-likeness (QED) is 0.580. The number of aromatic nitrogens is 5. The molecule has 2 heterocycles. The predicted octanol–water partition coefficient (Wildman–Crippen LogP) is 2.60. The van der Waals surface area contributed by atoms with Crippen LogP contribution in [0.3, 0.4) is 0 Å². The largest absolute Gasteiger partial charge is 0.479 e. The van der Waals surface area contributed by atoms with Crippen molar-refractivity contribution in [2.24, 2.45) is 7.05 Å². The van der Waals surface area contributed by atoms with Gasteiger partial charge in [-0.25, -0.2) is 0 Å². The summed E-state index contributed by atoms with van der Waals surface area (Å²) >= 11 is 1.75. The maximum Gasteiger partial charge on any atom is 0.243 e. The van der Waals surface area contributed by atoms with E-state index < -0.39 is 0 Å². The lowest BCUT2D eigenvalue weighted by Gasteiger charge is -2.06. The lowest BCUT2D eigenvalue weighted by molar-refractivity contribution is 0.393. The van der Waals surface area contributed by atoms with Crippen molar-refractivity contribution in [1.29, 1.82) is 0 Å². The van der Waals surface area contributed by atoms with Crippen LogP contribution in [0.1, 0.15) is 26.7 Å². The van der Waals surface area contributed by atoms with Crippen molar-refractivity contribution in [3.8, 4) is 17.3 Å². The smallest absolute Gasteiger partial charge is 0.243 e. The van der Waals surface area contributed by atoms with E-state index in [1.165, 1.54) is 12.8 Å². The van der Waals surface area contributed by atoms with Gasteiger partial charge in [0.1, 0.15) is 5.56 Å². The van der Waals surface area contributed by atoms with Gasteiger partial charge in [-0.05, 0) is 13.3 Å². The van der Waals surface area contributed by atoms with Gasteiger partial charge in [-0.3, -0.25) is 4.68 Å². The highest BCUT2D eigenvalue weighted by Gasteiger charge is 2.19. The molecule has 0 radical (unpaired) electrons. The molecule has 0 amide bonds. The molecule has 0 N–H and O–H groups in total. The van der Waals surface area contributed by atoms with E-state index in [0.717, 1.165) is 28.8 Å². The average Bonchev–Trinajstić information content (AvgIpc) is 3.01. The van der Waals surface area contributed by atoms with Gasteiger partial charge in [0.15, 0.2) is 11.0 Å². The molecule has 0 spiro atoms. The molecule has 0 unspecified atom stereocenters. The Balaban J connectivity index is 2.32. The van der Waals surface area contributed by atoms with Crippen LogP contribution in [0.15, 0.2) is 11.4 Å². The van der Waals surface area contributed by atoms with Gasteiger partial charge in [0, 0.05) is 25.5 Å². The Morgan fingerprint density at radius 3 is 2.75 bits per heavy atom. The molecule has 110 valence electrons. The first kappa shape index (κ1) is 14.9. The van der Waals surface area contributed by atoms with Gasteiger partial charge < -0.3 is 9.30 Å². The molecule has 0 saturated carbocycles. The summed E-state index contributed by atoms with van der Waals surface area (Å²) in [4.78, 5) is 0. The van der Waals surface area contributed by atoms with Gasteiger partial charge in [0.2, 0.25) is 5.88 Å². The van der Waals surface area contributed by atoms with Crippen LogP contribution >= 0.6 is 11.8 Å². The molecule has 2 aromatic heterocycles. The molecule has 0 aliphatic carbocycles. The summed E-state index contributed by atoms with van der Waals surface area (Å²) in [5.41, 5.74) is 0.881. The van der Waals surface area contributed by atoms with E-state index in [1.54, 1.807) is 23.6 Å². The van der Waals surface area contributed by atoms with Gasteiger partial charge in [-0.2, -0.15) is 0 Å². The highest BCUT2D eigenvalue weighted by atomic mass is 32.2. The molecular weight excluding hydrogens is 274 g/mol. The van der Waals surface area contributed by atoms with Gasteiger partial charge in [-0.15, -0.1) is 15.3 Å². The van der Waals surface area contributed by atoms with Crippen LogP contribution in [0.4, 0.5) is 0 Å². The Bertz CT molecular complexity index is 563. The average molecular weight is 295 g/mol. The number of thioether (sulfide) groups is 1. The normalized spacial score (nSPS) is 11.0. The van der Waals surface area contributed by atoms with Gasteiger partial charge in [0.25, 0.3) is 0 Å². The summed E-state index contributed by atoms with van der Waals surface area (Å²) in [6.45, 7) is 5.12. The van der Waals surface area contributed by atoms with Crippen LogP contribution in [0, 0.1) is 0 Å². The third-order valence-electron chi connectivity index (χ3n) is 2.99. The van der Waals surface area contributed by atoms with Gasteiger partial charge >= 0.3 is 0 Å². The molecule has 7 heteroatoms. The van der Waals surface area contributed by atoms with Crippen LogP contribution in [0.5, 0.6) is 5.88 Å². The zero-order valence-electron chi connectivity index (χ0n) is 12.5. The molecule has 0 saturated heterocycles. The van der Waals surface area contributed by atoms with Crippen molar-refractivity contribution in [3.63, 3.8) is 0 Å². The van der Waals surface area contributed by atoms with Crippen LogP contribution in [0.2, 0.25) is 0 Å². The summed E-state index contributed by atoms with van der Waals surface area (Å²) in [6.07, 6.45) is 4.29. The number of aryl methyl sites for hydroxylation is 1. The van der Waals surface area contributed by atoms with Crippen molar-refractivity contribution in [2.75, 3.05) is 12.9 Å². The molecule has 0 aromatic carbocycles. The number of unbranched alkanes of at least 4 members (excludes halogenated alkanes) is 1. The standard InChI is InChI=1S/C13H21N5OS/c1-5-7-8-20-13-15-14-11(18(13)6-2)10-9-17(3)16-12(10)19-4/h9H,5-8H2,1-4H3. The summed E-state index contributed by atoms with van der Waals surface area (Å²) in [7, 11) is 3.49. The molecule has 20 heavy (non-hydrogen) atoms. The first-order chi connectivity index (χ1) is 9.71. The summed E-state index contributed by atoms with van der Waals surface area (Å²) < 4.78 is 9.15. The van der Waals surface area contributed by atoms with E-state index in [9.17, 15) is 0 Å². The molecule has 0 fully saturated rings. The number of hydrogen-bond donors (Lipinski definition) is 0. The molecule has 0 aliphatic rings. The molecule has 2 aromatic rings. The molecular formula is C13H21N5OS.